The molecule has 0 radical (unpaired) electrons. The Balaban J connectivity index is 3.97. The van der Waals surface area contributed by atoms with Crippen LogP contribution in [0.25, 0.3) is 0 Å². The van der Waals surface area contributed by atoms with Crippen LogP contribution in [0.3, 0.4) is 0 Å². The fraction of sp³-hybridized carbons (Fsp3) is 0.857. The lowest BCUT2D eigenvalue weighted by Crippen LogP contribution is -2.32. The molecule has 0 heterocycles. The Hall–Kier alpha value is -1.59. The van der Waals surface area contributed by atoms with Crippen LogP contribution < -0.4 is 0 Å². The first-order valence-electron chi connectivity index (χ1n) is 10.5. The first-order chi connectivity index (χ1) is 12.9. The third-order valence-electron chi connectivity index (χ3n) is 5.07. The zero-order chi connectivity index (χ0) is 20.5. The maximum absolute atomic E-state index is 11.8. The van der Waals surface area contributed by atoms with E-state index in [-0.39, 0.29) is 0 Å². The summed E-state index contributed by atoms with van der Waals surface area (Å²) in [6.45, 7) is 2.22. The highest BCUT2D eigenvalue weighted by molar-refractivity contribution is 5.84. The standard InChI is InChI=1S/C21H38O6/c1-3-4-5-6-7-8-9-10-11-12-13-14-15-17(20(24)25)18(16-19(22)23)21(26)27-2/h17-18H,3-16H2,1-2H3,(H,22,23)(H,24,25)/t17-,18-/m0/s1. The van der Waals surface area contributed by atoms with Crippen LogP contribution in [-0.2, 0) is 19.1 Å². The van der Waals surface area contributed by atoms with Crippen molar-refractivity contribution in [2.24, 2.45) is 11.8 Å². The second-order valence-corrected chi connectivity index (χ2v) is 7.35. The molecule has 0 aliphatic rings. The van der Waals surface area contributed by atoms with Gasteiger partial charge in [-0.3, -0.25) is 14.4 Å². The largest absolute Gasteiger partial charge is 0.481 e. The molecule has 6 heteroatoms. The lowest BCUT2D eigenvalue weighted by molar-refractivity contribution is -0.159. The third-order valence-corrected chi connectivity index (χ3v) is 5.07. The van der Waals surface area contributed by atoms with E-state index in [1.165, 1.54) is 51.4 Å². The van der Waals surface area contributed by atoms with E-state index < -0.39 is 36.2 Å². The van der Waals surface area contributed by atoms with Gasteiger partial charge in [-0.25, -0.2) is 0 Å². The first kappa shape index (κ1) is 25.4. The van der Waals surface area contributed by atoms with Crippen LogP contribution in [0.4, 0.5) is 0 Å². The van der Waals surface area contributed by atoms with Gasteiger partial charge in [-0.05, 0) is 6.42 Å². The molecular weight excluding hydrogens is 348 g/mol. The molecule has 0 saturated heterocycles. The normalized spacial score (nSPS) is 13.1. The topological polar surface area (TPSA) is 101 Å². The fourth-order valence-corrected chi connectivity index (χ4v) is 3.43. The molecule has 0 aromatic heterocycles. The number of esters is 1. The first-order valence-corrected chi connectivity index (χ1v) is 10.5. The summed E-state index contributed by atoms with van der Waals surface area (Å²) < 4.78 is 4.59. The quantitative estimate of drug-likeness (QED) is 0.253. The molecule has 0 rings (SSSR count). The van der Waals surface area contributed by atoms with Crippen LogP contribution in [0, 0.1) is 11.8 Å². The van der Waals surface area contributed by atoms with Crippen LogP contribution in [-0.4, -0.2) is 35.2 Å². The van der Waals surface area contributed by atoms with Crippen LogP contribution in [0.2, 0.25) is 0 Å². The Morgan fingerprint density at radius 1 is 0.741 bits per heavy atom. The van der Waals surface area contributed by atoms with Gasteiger partial charge in [0, 0.05) is 0 Å². The van der Waals surface area contributed by atoms with E-state index in [0.717, 1.165) is 26.4 Å². The molecule has 0 saturated carbocycles. The minimum Gasteiger partial charge on any atom is -0.481 e. The average Bonchev–Trinajstić information content (AvgIpc) is 2.63. The van der Waals surface area contributed by atoms with Crippen molar-refractivity contribution in [3.63, 3.8) is 0 Å². The molecule has 0 spiro atoms. The molecule has 0 aromatic carbocycles. The highest BCUT2D eigenvalue weighted by atomic mass is 16.5. The molecule has 158 valence electrons. The van der Waals surface area contributed by atoms with Crippen molar-refractivity contribution in [3.8, 4) is 0 Å². The minimum absolute atomic E-state index is 0.305. The Bertz CT molecular complexity index is 421. The molecule has 0 aliphatic heterocycles. The summed E-state index contributed by atoms with van der Waals surface area (Å²) in [4.78, 5) is 34.2. The van der Waals surface area contributed by atoms with E-state index in [2.05, 4.69) is 11.7 Å². The smallest absolute Gasteiger partial charge is 0.310 e. The summed E-state index contributed by atoms with van der Waals surface area (Å²) in [6, 6.07) is 0. The van der Waals surface area contributed by atoms with E-state index in [1.807, 2.05) is 0 Å². The number of carboxylic acid groups (broad SMARTS) is 2. The number of hydrogen-bond donors (Lipinski definition) is 2. The van der Waals surface area contributed by atoms with Crippen molar-refractivity contribution in [2.45, 2.75) is 96.8 Å². The highest BCUT2D eigenvalue weighted by Crippen LogP contribution is 2.25. The van der Waals surface area contributed by atoms with Crippen molar-refractivity contribution in [3.05, 3.63) is 0 Å². The van der Waals surface area contributed by atoms with Gasteiger partial charge in [-0.1, -0.05) is 84.0 Å². The van der Waals surface area contributed by atoms with Crippen LogP contribution in [0.1, 0.15) is 96.8 Å². The van der Waals surface area contributed by atoms with Crippen molar-refractivity contribution >= 4 is 17.9 Å². The summed E-state index contributed by atoms with van der Waals surface area (Å²) in [5, 5.41) is 18.3. The number of aliphatic carboxylic acids is 2. The van der Waals surface area contributed by atoms with E-state index in [0.29, 0.717) is 12.8 Å². The summed E-state index contributed by atoms with van der Waals surface area (Å²) in [7, 11) is 1.15. The molecule has 0 bridgehead atoms. The molecule has 0 amide bonds. The lowest BCUT2D eigenvalue weighted by Gasteiger charge is -2.20. The predicted molar refractivity (Wildman–Crippen MR) is 105 cm³/mol. The highest BCUT2D eigenvalue weighted by Gasteiger charge is 2.35. The molecule has 2 N–H and O–H groups in total. The molecule has 6 nitrogen and oxygen atoms in total. The van der Waals surface area contributed by atoms with Crippen molar-refractivity contribution < 1.29 is 29.3 Å². The predicted octanol–water partition coefficient (Wildman–Crippen LogP) is 5.04. The summed E-state index contributed by atoms with van der Waals surface area (Å²) in [5.41, 5.74) is 0. The number of methoxy groups -OCH3 is 1. The fourth-order valence-electron chi connectivity index (χ4n) is 3.43. The summed E-state index contributed by atoms with van der Waals surface area (Å²) >= 11 is 0. The number of unbranched alkanes of at least 4 members (excludes halogenated alkanes) is 11. The molecular formula is C21H38O6. The van der Waals surface area contributed by atoms with E-state index >= 15 is 0 Å². The van der Waals surface area contributed by atoms with Crippen LogP contribution in [0.15, 0.2) is 0 Å². The Morgan fingerprint density at radius 2 is 1.19 bits per heavy atom. The Kier molecular flexibility index (Phi) is 15.6. The van der Waals surface area contributed by atoms with Crippen molar-refractivity contribution in [1.29, 1.82) is 0 Å². The zero-order valence-corrected chi connectivity index (χ0v) is 17.1. The SMILES string of the molecule is CCCCCCCCCCCCCC[C@H](C(=O)O)[C@H](CC(=O)O)C(=O)OC. The number of ether oxygens (including phenoxy) is 1. The number of carbonyl (C=O) groups excluding carboxylic acids is 1. The minimum atomic E-state index is -1.19. The van der Waals surface area contributed by atoms with Crippen molar-refractivity contribution in [1.82, 2.24) is 0 Å². The number of hydrogen-bond acceptors (Lipinski definition) is 4. The second-order valence-electron chi connectivity index (χ2n) is 7.35. The van der Waals surface area contributed by atoms with Gasteiger partial charge < -0.3 is 14.9 Å². The van der Waals surface area contributed by atoms with E-state index in [1.54, 1.807) is 0 Å². The van der Waals surface area contributed by atoms with Gasteiger partial charge in [0.2, 0.25) is 0 Å². The summed E-state index contributed by atoms with van der Waals surface area (Å²) in [5.74, 6) is -5.21. The maximum atomic E-state index is 11.8. The lowest BCUT2D eigenvalue weighted by atomic mass is 9.85. The van der Waals surface area contributed by atoms with Gasteiger partial charge in [0.15, 0.2) is 0 Å². The molecule has 0 aliphatic carbocycles. The molecule has 2 atom stereocenters. The van der Waals surface area contributed by atoms with Gasteiger partial charge in [0.1, 0.15) is 0 Å². The Labute approximate surface area is 163 Å². The maximum Gasteiger partial charge on any atom is 0.310 e. The Morgan fingerprint density at radius 3 is 1.56 bits per heavy atom. The number of carboxylic acids is 2. The van der Waals surface area contributed by atoms with Crippen LogP contribution >= 0.6 is 0 Å². The molecule has 0 aromatic rings. The van der Waals surface area contributed by atoms with E-state index in [9.17, 15) is 19.5 Å². The third kappa shape index (κ3) is 13.3. The number of carbonyl (C=O) groups is 3. The van der Waals surface area contributed by atoms with Gasteiger partial charge in [-0.2, -0.15) is 0 Å². The molecule has 0 fully saturated rings. The van der Waals surface area contributed by atoms with Gasteiger partial charge in [-0.15, -0.1) is 0 Å². The average molecular weight is 387 g/mol. The second kappa shape index (κ2) is 16.6. The molecule has 27 heavy (non-hydrogen) atoms. The van der Waals surface area contributed by atoms with Crippen LogP contribution in [0.5, 0.6) is 0 Å². The van der Waals surface area contributed by atoms with Crippen molar-refractivity contribution in [2.75, 3.05) is 7.11 Å². The zero-order valence-electron chi connectivity index (χ0n) is 17.1. The summed E-state index contributed by atoms with van der Waals surface area (Å²) in [6.07, 6.45) is 13.9. The number of rotatable bonds is 18. The van der Waals surface area contributed by atoms with Gasteiger partial charge in [0.05, 0.1) is 25.4 Å². The van der Waals surface area contributed by atoms with Gasteiger partial charge >= 0.3 is 17.9 Å². The molecule has 0 unspecified atom stereocenters. The monoisotopic (exact) mass is 386 g/mol. The van der Waals surface area contributed by atoms with E-state index in [4.69, 9.17) is 5.11 Å². The van der Waals surface area contributed by atoms with Gasteiger partial charge in [0.25, 0.3) is 0 Å².